The molecule has 0 radical (unpaired) electrons. The summed E-state index contributed by atoms with van der Waals surface area (Å²) in [5.74, 6) is -0.533. The molecular formula is C18H19Cl2FN2O. The van der Waals surface area contributed by atoms with Crippen LogP contribution < -0.4 is 11.1 Å². The van der Waals surface area contributed by atoms with Crippen LogP contribution in [0, 0.1) is 5.82 Å². The molecule has 1 fully saturated rings. The lowest BCUT2D eigenvalue weighted by molar-refractivity contribution is 0.0937. The van der Waals surface area contributed by atoms with E-state index in [9.17, 15) is 9.18 Å². The van der Waals surface area contributed by atoms with Crippen LogP contribution in [-0.2, 0) is 0 Å². The van der Waals surface area contributed by atoms with Crippen molar-refractivity contribution in [2.75, 3.05) is 0 Å². The van der Waals surface area contributed by atoms with Gasteiger partial charge in [-0.2, -0.15) is 0 Å². The lowest BCUT2D eigenvalue weighted by atomic mass is 10.0. The van der Waals surface area contributed by atoms with Gasteiger partial charge >= 0.3 is 0 Å². The minimum absolute atomic E-state index is 0. The van der Waals surface area contributed by atoms with Crippen LogP contribution in [0.3, 0.4) is 0 Å². The topological polar surface area (TPSA) is 55.1 Å². The summed E-state index contributed by atoms with van der Waals surface area (Å²) < 4.78 is 13.2. The Labute approximate surface area is 151 Å². The minimum Gasteiger partial charge on any atom is -0.349 e. The molecule has 2 aromatic rings. The van der Waals surface area contributed by atoms with Crippen LogP contribution in [0.2, 0.25) is 5.02 Å². The fourth-order valence-electron chi connectivity index (χ4n) is 2.91. The SMILES string of the molecule is Cl.N[C@@H]1CC[C@H](NC(=O)c2ccc(-c3ccc(F)c(Cl)c3)cc2)C1. The molecule has 1 aliphatic rings. The average molecular weight is 369 g/mol. The number of halogens is 3. The molecular weight excluding hydrogens is 350 g/mol. The Morgan fingerprint density at radius 3 is 2.38 bits per heavy atom. The number of benzene rings is 2. The maximum atomic E-state index is 13.2. The van der Waals surface area contributed by atoms with Gasteiger partial charge in [0, 0.05) is 17.6 Å². The minimum atomic E-state index is -0.443. The molecule has 128 valence electrons. The third kappa shape index (κ3) is 4.26. The van der Waals surface area contributed by atoms with Crippen LogP contribution >= 0.6 is 24.0 Å². The normalized spacial score (nSPS) is 19.6. The van der Waals surface area contributed by atoms with E-state index >= 15 is 0 Å². The fourth-order valence-corrected chi connectivity index (χ4v) is 3.09. The number of amides is 1. The van der Waals surface area contributed by atoms with E-state index in [0.717, 1.165) is 30.4 Å². The van der Waals surface area contributed by atoms with Gasteiger partial charge in [-0.05, 0) is 54.7 Å². The van der Waals surface area contributed by atoms with E-state index in [1.54, 1.807) is 24.3 Å². The van der Waals surface area contributed by atoms with E-state index in [2.05, 4.69) is 5.32 Å². The highest BCUT2D eigenvalue weighted by molar-refractivity contribution is 6.31. The van der Waals surface area contributed by atoms with Crippen LogP contribution in [0.1, 0.15) is 29.6 Å². The van der Waals surface area contributed by atoms with E-state index < -0.39 is 5.82 Å². The second-order valence-electron chi connectivity index (χ2n) is 5.95. The highest BCUT2D eigenvalue weighted by atomic mass is 35.5. The first kappa shape index (κ1) is 18.7. The molecule has 3 nitrogen and oxygen atoms in total. The van der Waals surface area contributed by atoms with Crippen LogP contribution in [0.5, 0.6) is 0 Å². The van der Waals surface area contributed by atoms with E-state index in [1.165, 1.54) is 6.07 Å². The quantitative estimate of drug-likeness (QED) is 0.853. The molecule has 0 aliphatic heterocycles. The Morgan fingerprint density at radius 2 is 1.79 bits per heavy atom. The first-order valence-electron chi connectivity index (χ1n) is 7.65. The summed E-state index contributed by atoms with van der Waals surface area (Å²) in [4.78, 5) is 12.2. The monoisotopic (exact) mass is 368 g/mol. The van der Waals surface area contributed by atoms with Crippen LogP contribution in [0.4, 0.5) is 4.39 Å². The second-order valence-corrected chi connectivity index (χ2v) is 6.36. The number of nitrogens with two attached hydrogens (primary N) is 1. The van der Waals surface area contributed by atoms with Gasteiger partial charge in [0.05, 0.1) is 5.02 Å². The number of nitrogens with one attached hydrogen (secondary N) is 1. The summed E-state index contributed by atoms with van der Waals surface area (Å²) >= 11 is 5.80. The number of rotatable bonds is 3. The molecule has 0 bridgehead atoms. The van der Waals surface area contributed by atoms with Gasteiger partial charge in [-0.3, -0.25) is 4.79 Å². The van der Waals surface area contributed by atoms with Crippen molar-refractivity contribution in [2.45, 2.75) is 31.3 Å². The summed E-state index contributed by atoms with van der Waals surface area (Å²) in [6, 6.07) is 12.1. The third-order valence-electron chi connectivity index (χ3n) is 4.21. The summed E-state index contributed by atoms with van der Waals surface area (Å²) in [6.45, 7) is 0. The third-order valence-corrected chi connectivity index (χ3v) is 4.50. The van der Waals surface area contributed by atoms with Gasteiger partial charge in [-0.25, -0.2) is 4.39 Å². The molecule has 3 N–H and O–H groups in total. The maximum absolute atomic E-state index is 13.2. The van der Waals surface area contributed by atoms with Crippen molar-refractivity contribution in [3.63, 3.8) is 0 Å². The highest BCUT2D eigenvalue weighted by Crippen LogP contribution is 2.25. The largest absolute Gasteiger partial charge is 0.349 e. The molecule has 0 spiro atoms. The van der Waals surface area contributed by atoms with Gasteiger partial charge in [0.15, 0.2) is 0 Å². The van der Waals surface area contributed by atoms with Crippen molar-refractivity contribution < 1.29 is 9.18 Å². The van der Waals surface area contributed by atoms with Gasteiger partial charge in [0.25, 0.3) is 5.91 Å². The Kier molecular flexibility index (Phi) is 6.21. The van der Waals surface area contributed by atoms with E-state index in [1.807, 2.05) is 12.1 Å². The number of carbonyl (C=O) groups is 1. The van der Waals surface area contributed by atoms with Gasteiger partial charge in [-0.15, -0.1) is 12.4 Å². The lowest BCUT2D eigenvalue weighted by Gasteiger charge is -2.12. The molecule has 0 heterocycles. The Bertz CT molecular complexity index is 721. The first-order chi connectivity index (χ1) is 11.0. The Morgan fingerprint density at radius 1 is 1.12 bits per heavy atom. The molecule has 2 aromatic carbocycles. The predicted octanol–water partition coefficient (Wildman–Crippen LogP) is 4.18. The zero-order valence-electron chi connectivity index (χ0n) is 13.0. The van der Waals surface area contributed by atoms with Crippen molar-refractivity contribution in [3.05, 3.63) is 58.9 Å². The fraction of sp³-hybridized carbons (Fsp3) is 0.278. The molecule has 0 unspecified atom stereocenters. The molecule has 0 aromatic heterocycles. The molecule has 6 heteroatoms. The summed E-state index contributed by atoms with van der Waals surface area (Å²) in [5.41, 5.74) is 8.15. The van der Waals surface area contributed by atoms with Gasteiger partial charge < -0.3 is 11.1 Å². The Hall–Kier alpha value is -1.62. The molecule has 3 rings (SSSR count). The van der Waals surface area contributed by atoms with Crippen molar-refractivity contribution in [3.8, 4) is 11.1 Å². The van der Waals surface area contributed by atoms with Gasteiger partial charge in [0.1, 0.15) is 5.82 Å². The number of carbonyl (C=O) groups excluding carboxylic acids is 1. The van der Waals surface area contributed by atoms with Crippen molar-refractivity contribution >= 4 is 29.9 Å². The van der Waals surface area contributed by atoms with Crippen molar-refractivity contribution in [2.24, 2.45) is 5.73 Å². The molecule has 1 aliphatic carbocycles. The molecule has 2 atom stereocenters. The summed E-state index contributed by atoms with van der Waals surface area (Å²) in [7, 11) is 0. The average Bonchev–Trinajstić information content (AvgIpc) is 2.95. The zero-order valence-corrected chi connectivity index (χ0v) is 14.5. The standard InChI is InChI=1S/C18H18ClFN2O.ClH/c19-16-9-13(5-8-17(16)20)11-1-3-12(4-2-11)18(23)22-15-7-6-14(21)10-15;/h1-5,8-9,14-15H,6-7,10,21H2,(H,22,23);1H/t14-,15+;/m1./s1. The van der Waals surface area contributed by atoms with E-state index in [4.69, 9.17) is 17.3 Å². The van der Waals surface area contributed by atoms with Crippen LogP contribution in [0.25, 0.3) is 11.1 Å². The van der Waals surface area contributed by atoms with E-state index in [-0.39, 0.29) is 35.4 Å². The first-order valence-corrected chi connectivity index (χ1v) is 8.02. The predicted molar refractivity (Wildman–Crippen MR) is 97.2 cm³/mol. The smallest absolute Gasteiger partial charge is 0.251 e. The second kappa shape index (κ2) is 7.97. The highest BCUT2D eigenvalue weighted by Gasteiger charge is 2.23. The molecule has 0 saturated heterocycles. The van der Waals surface area contributed by atoms with Crippen LogP contribution in [-0.4, -0.2) is 18.0 Å². The summed E-state index contributed by atoms with van der Waals surface area (Å²) in [5, 5.41) is 3.10. The maximum Gasteiger partial charge on any atom is 0.251 e. The van der Waals surface area contributed by atoms with Gasteiger partial charge in [0.2, 0.25) is 0 Å². The molecule has 24 heavy (non-hydrogen) atoms. The number of hydrogen-bond donors (Lipinski definition) is 2. The zero-order chi connectivity index (χ0) is 16.4. The Balaban J connectivity index is 0.00000208. The van der Waals surface area contributed by atoms with Gasteiger partial charge in [-0.1, -0.05) is 29.8 Å². The molecule has 1 amide bonds. The summed E-state index contributed by atoms with van der Waals surface area (Å²) in [6.07, 6.45) is 2.71. The van der Waals surface area contributed by atoms with E-state index in [0.29, 0.717) is 5.56 Å². The van der Waals surface area contributed by atoms with Crippen molar-refractivity contribution in [1.29, 1.82) is 0 Å². The number of hydrogen-bond acceptors (Lipinski definition) is 2. The molecule has 1 saturated carbocycles. The van der Waals surface area contributed by atoms with Crippen LogP contribution in [0.15, 0.2) is 42.5 Å². The van der Waals surface area contributed by atoms with Crippen molar-refractivity contribution in [1.82, 2.24) is 5.32 Å². The lowest BCUT2D eigenvalue weighted by Crippen LogP contribution is -2.33.